The predicted octanol–water partition coefficient (Wildman–Crippen LogP) is 2.82. The number of esters is 2. The van der Waals surface area contributed by atoms with Crippen LogP contribution in [0.4, 0.5) is 5.69 Å². The van der Waals surface area contributed by atoms with Gasteiger partial charge in [0, 0.05) is 24.8 Å². The van der Waals surface area contributed by atoms with E-state index in [1.807, 2.05) is 6.07 Å². The summed E-state index contributed by atoms with van der Waals surface area (Å²) in [4.78, 5) is 39.2. The maximum Gasteiger partial charge on any atom is 0.336 e. The van der Waals surface area contributed by atoms with E-state index < -0.39 is 28.9 Å². The number of ether oxygens (including phenoxy) is 2. The Labute approximate surface area is 161 Å². The fraction of sp³-hybridized carbons (Fsp3) is 0.368. The summed E-state index contributed by atoms with van der Waals surface area (Å²) in [6.07, 6.45) is -0.892. The quantitative estimate of drug-likeness (QED) is 0.318. The second-order valence-electron chi connectivity index (χ2n) is 6.16. The third-order valence-corrected chi connectivity index (χ3v) is 4.16. The van der Waals surface area contributed by atoms with E-state index >= 15 is 0 Å². The number of benzene rings is 1. The maximum atomic E-state index is 12.7. The van der Waals surface area contributed by atoms with Gasteiger partial charge < -0.3 is 9.47 Å². The van der Waals surface area contributed by atoms with Crippen molar-refractivity contribution in [1.29, 1.82) is 5.26 Å². The first-order valence-electron chi connectivity index (χ1n) is 8.47. The molecule has 9 heteroatoms. The van der Waals surface area contributed by atoms with Gasteiger partial charge in [0.15, 0.2) is 6.10 Å². The van der Waals surface area contributed by atoms with E-state index in [1.54, 1.807) is 19.9 Å². The van der Waals surface area contributed by atoms with Crippen molar-refractivity contribution in [2.75, 3.05) is 6.61 Å². The molecule has 9 nitrogen and oxygen atoms in total. The Balaban J connectivity index is 2.57. The summed E-state index contributed by atoms with van der Waals surface area (Å²) in [5.74, 6) is -2.11. The first-order chi connectivity index (χ1) is 13.3. The van der Waals surface area contributed by atoms with E-state index in [0.717, 1.165) is 0 Å². The van der Waals surface area contributed by atoms with Crippen LogP contribution >= 0.6 is 0 Å². The summed E-state index contributed by atoms with van der Waals surface area (Å²) in [5.41, 5.74) is 1.21. The van der Waals surface area contributed by atoms with Gasteiger partial charge in [-0.2, -0.15) is 5.26 Å². The molecule has 0 saturated heterocycles. The summed E-state index contributed by atoms with van der Waals surface area (Å²) in [5, 5.41) is 19.8. The number of rotatable bonds is 6. The standard InChI is InChI=1S/C19H19N3O6/c1-11-16(19(24)27-9-5-8-20)17(18(12(2)21-11)28-13(3)23)14-6-4-7-15(10-14)22(25)26/h4,6-7,10,17-18H,5,9H2,1-3H3. The number of allylic oxidation sites excluding steroid dienone is 1. The lowest BCUT2D eigenvalue weighted by Crippen LogP contribution is -2.37. The van der Waals surface area contributed by atoms with E-state index in [4.69, 9.17) is 14.7 Å². The molecule has 0 saturated carbocycles. The molecular formula is C19H19N3O6. The van der Waals surface area contributed by atoms with Crippen molar-refractivity contribution in [2.45, 2.75) is 39.2 Å². The molecule has 0 fully saturated rings. The molecule has 2 atom stereocenters. The van der Waals surface area contributed by atoms with E-state index in [1.165, 1.54) is 25.1 Å². The maximum absolute atomic E-state index is 12.7. The lowest BCUT2D eigenvalue weighted by Gasteiger charge is -2.32. The summed E-state index contributed by atoms with van der Waals surface area (Å²) in [6, 6.07) is 7.64. The van der Waals surface area contributed by atoms with Crippen LogP contribution in [-0.4, -0.2) is 35.3 Å². The van der Waals surface area contributed by atoms with Gasteiger partial charge in [-0.3, -0.25) is 19.9 Å². The van der Waals surface area contributed by atoms with Crippen molar-refractivity contribution in [2.24, 2.45) is 4.99 Å². The van der Waals surface area contributed by atoms with Crippen LogP contribution in [0.15, 0.2) is 40.5 Å². The van der Waals surface area contributed by atoms with Crippen LogP contribution < -0.4 is 0 Å². The second kappa shape index (κ2) is 8.90. The number of carbonyl (C=O) groups excluding carboxylic acids is 2. The third kappa shape index (κ3) is 4.59. The Morgan fingerprint density at radius 1 is 1.36 bits per heavy atom. The minimum Gasteiger partial charge on any atom is -0.461 e. The molecule has 1 aliphatic rings. The molecule has 0 amide bonds. The lowest BCUT2D eigenvalue weighted by atomic mass is 9.81. The lowest BCUT2D eigenvalue weighted by molar-refractivity contribution is -0.384. The molecule has 1 heterocycles. The van der Waals surface area contributed by atoms with Crippen LogP contribution in [-0.2, 0) is 19.1 Å². The zero-order valence-corrected chi connectivity index (χ0v) is 15.7. The zero-order chi connectivity index (χ0) is 20.8. The van der Waals surface area contributed by atoms with Crippen molar-refractivity contribution in [3.05, 3.63) is 51.2 Å². The highest BCUT2D eigenvalue weighted by atomic mass is 16.6. The van der Waals surface area contributed by atoms with Crippen molar-refractivity contribution < 1.29 is 24.0 Å². The van der Waals surface area contributed by atoms with Crippen LogP contribution in [0.2, 0.25) is 0 Å². The topological polar surface area (TPSA) is 132 Å². The van der Waals surface area contributed by atoms with Crippen LogP contribution in [0.25, 0.3) is 0 Å². The van der Waals surface area contributed by atoms with Gasteiger partial charge >= 0.3 is 11.9 Å². The molecule has 1 aromatic carbocycles. The molecule has 1 aromatic rings. The van der Waals surface area contributed by atoms with Gasteiger partial charge in [-0.25, -0.2) is 4.79 Å². The third-order valence-electron chi connectivity index (χ3n) is 4.16. The van der Waals surface area contributed by atoms with Gasteiger partial charge in [0.1, 0.15) is 6.61 Å². The highest BCUT2D eigenvalue weighted by Crippen LogP contribution is 2.38. The van der Waals surface area contributed by atoms with Gasteiger partial charge in [0.2, 0.25) is 0 Å². The Morgan fingerprint density at radius 2 is 2.07 bits per heavy atom. The molecule has 0 aliphatic carbocycles. The first-order valence-corrected chi connectivity index (χ1v) is 8.47. The fourth-order valence-corrected chi connectivity index (χ4v) is 3.05. The minimum absolute atomic E-state index is 0.0230. The monoisotopic (exact) mass is 385 g/mol. The summed E-state index contributed by atoms with van der Waals surface area (Å²) in [7, 11) is 0. The second-order valence-corrected chi connectivity index (χ2v) is 6.16. The molecule has 146 valence electrons. The molecular weight excluding hydrogens is 366 g/mol. The number of nitro groups is 1. The van der Waals surface area contributed by atoms with Gasteiger partial charge in [0.05, 0.1) is 34.6 Å². The van der Waals surface area contributed by atoms with Crippen LogP contribution in [0.1, 0.15) is 38.7 Å². The molecule has 0 bridgehead atoms. The average molecular weight is 385 g/mol. The molecule has 2 rings (SSSR count). The summed E-state index contributed by atoms with van der Waals surface area (Å²) < 4.78 is 10.5. The van der Waals surface area contributed by atoms with E-state index in [0.29, 0.717) is 17.0 Å². The molecule has 1 aliphatic heterocycles. The number of aliphatic imine (C=N–C) groups is 1. The van der Waals surface area contributed by atoms with Crippen molar-refractivity contribution >= 4 is 23.3 Å². The first kappa shape index (κ1) is 20.8. The summed E-state index contributed by atoms with van der Waals surface area (Å²) in [6.45, 7) is 4.39. The largest absolute Gasteiger partial charge is 0.461 e. The molecule has 0 aromatic heterocycles. The van der Waals surface area contributed by atoms with Crippen LogP contribution in [0.3, 0.4) is 0 Å². The molecule has 0 N–H and O–H groups in total. The molecule has 0 radical (unpaired) electrons. The Hall–Kier alpha value is -3.54. The average Bonchev–Trinajstić information content (AvgIpc) is 2.63. The molecule has 2 unspecified atom stereocenters. The van der Waals surface area contributed by atoms with Crippen LogP contribution in [0.5, 0.6) is 0 Å². The number of nitro benzene ring substituents is 1. The molecule has 28 heavy (non-hydrogen) atoms. The van der Waals surface area contributed by atoms with Gasteiger partial charge in [-0.1, -0.05) is 12.1 Å². The Bertz CT molecular complexity index is 912. The highest BCUT2D eigenvalue weighted by molar-refractivity contribution is 5.99. The number of nitriles is 1. The highest BCUT2D eigenvalue weighted by Gasteiger charge is 2.40. The number of hydrogen-bond acceptors (Lipinski definition) is 8. The van der Waals surface area contributed by atoms with E-state index in [-0.39, 0.29) is 24.3 Å². The van der Waals surface area contributed by atoms with Crippen molar-refractivity contribution in [3.63, 3.8) is 0 Å². The Morgan fingerprint density at radius 3 is 2.68 bits per heavy atom. The van der Waals surface area contributed by atoms with Gasteiger partial charge in [-0.05, 0) is 19.4 Å². The number of nitrogens with zero attached hydrogens (tertiary/aromatic N) is 3. The zero-order valence-electron chi connectivity index (χ0n) is 15.7. The SMILES string of the molecule is CC(=O)OC1C(C)=NC(C)=C(C(=O)OCCC#N)C1c1cccc([N+](=O)[O-])c1. The Kier molecular flexibility index (Phi) is 6.60. The number of non-ortho nitro benzene ring substituents is 1. The van der Waals surface area contributed by atoms with Crippen molar-refractivity contribution in [1.82, 2.24) is 0 Å². The van der Waals surface area contributed by atoms with E-state index in [9.17, 15) is 19.7 Å². The minimum atomic E-state index is -0.915. The number of carbonyl (C=O) groups is 2. The molecule has 0 spiro atoms. The normalized spacial score (nSPS) is 18.7. The smallest absolute Gasteiger partial charge is 0.336 e. The summed E-state index contributed by atoms with van der Waals surface area (Å²) >= 11 is 0. The van der Waals surface area contributed by atoms with Gasteiger partial charge in [0.25, 0.3) is 5.69 Å². The predicted molar refractivity (Wildman–Crippen MR) is 98.4 cm³/mol. The van der Waals surface area contributed by atoms with Crippen molar-refractivity contribution in [3.8, 4) is 6.07 Å². The van der Waals surface area contributed by atoms with E-state index in [2.05, 4.69) is 4.99 Å². The fourth-order valence-electron chi connectivity index (χ4n) is 3.05. The van der Waals surface area contributed by atoms with Crippen LogP contribution in [0, 0.1) is 21.4 Å². The van der Waals surface area contributed by atoms with Gasteiger partial charge in [-0.15, -0.1) is 0 Å². The number of hydrogen-bond donors (Lipinski definition) is 0.